The van der Waals surface area contributed by atoms with Crippen molar-refractivity contribution in [2.75, 3.05) is 6.61 Å². The zero-order valence-corrected chi connectivity index (χ0v) is 12.2. The van der Waals surface area contributed by atoms with E-state index in [0.29, 0.717) is 11.6 Å². The first kappa shape index (κ1) is 13.6. The van der Waals surface area contributed by atoms with Crippen LogP contribution < -0.4 is 0 Å². The summed E-state index contributed by atoms with van der Waals surface area (Å²) < 4.78 is 5.65. The van der Waals surface area contributed by atoms with Crippen LogP contribution in [0.2, 0.25) is 5.02 Å². The molecule has 0 saturated carbocycles. The molecular formula is C17H17ClO2. The normalized spacial score (nSPS) is 22.3. The van der Waals surface area contributed by atoms with Gasteiger partial charge in [-0.1, -0.05) is 42.8 Å². The molecule has 0 aliphatic carbocycles. The summed E-state index contributed by atoms with van der Waals surface area (Å²) in [6.07, 6.45) is 1.74. The number of hydrogen-bond donors (Lipinski definition) is 0. The van der Waals surface area contributed by atoms with Crippen LogP contribution in [0.3, 0.4) is 0 Å². The van der Waals surface area contributed by atoms with Crippen LogP contribution >= 0.6 is 11.6 Å². The highest BCUT2D eigenvalue weighted by Crippen LogP contribution is 2.32. The lowest BCUT2D eigenvalue weighted by Crippen LogP contribution is -2.24. The minimum atomic E-state index is -0.0235. The molecule has 1 fully saturated rings. The first-order chi connectivity index (χ1) is 9.72. The van der Waals surface area contributed by atoms with Gasteiger partial charge in [-0.3, -0.25) is 4.79 Å². The van der Waals surface area contributed by atoms with Crippen LogP contribution in [-0.2, 0) is 4.74 Å². The maximum absolute atomic E-state index is 12.8. The number of carbonyl (C=O) groups excluding carboxylic acids is 1. The average molecular weight is 289 g/mol. The molecule has 0 aromatic heterocycles. The van der Waals surface area contributed by atoms with Crippen LogP contribution in [0.4, 0.5) is 0 Å². The molecule has 0 amide bonds. The van der Waals surface area contributed by atoms with E-state index in [9.17, 15) is 4.79 Å². The Labute approximate surface area is 123 Å². The molecule has 3 rings (SSSR count). The molecule has 1 saturated heterocycles. The number of halogens is 1. The number of ketones is 1. The molecule has 0 N–H and O–H groups in total. The number of ether oxygens (including phenoxy) is 1. The van der Waals surface area contributed by atoms with Crippen molar-refractivity contribution in [2.24, 2.45) is 5.92 Å². The smallest absolute Gasteiger partial charge is 0.169 e. The Bertz CT molecular complexity index is 650. The van der Waals surface area contributed by atoms with Crippen molar-refractivity contribution in [3.8, 4) is 0 Å². The van der Waals surface area contributed by atoms with Gasteiger partial charge in [0.2, 0.25) is 0 Å². The molecule has 0 radical (unpaired) electrons. The van der Waals surface area contributed by atoms with Crippen molar-refractivity contribution in [1.82, 2.24) is 0 Å². The maximum Gasteiger partial charge on any atom is 0.169 e. The third-order valence-corrected chi connectivity index (χ3v) is 4.41. The molecule has 20 heavy (non-hydrogen) atoms. The lowest BCUT2D eigenvalue weighted by atomic mass is 9.88. The highest BCUT2D eigenvalue weighted by atomic mass is 35.5. The topological polar surface area (TPSA) is 26.3 Å². The van der Waals surface area contributed by atoms with Gasteiger partial charge in [0.1, 0.15) is 0 Å². The Morgan fingerprint density at radius 2 is 2.00 bits per heavy atom. The number of benzene rings is 2. The number of hydrogen-bond acceptors (Lipinski definition) is 2. The standard InChI is InChI=1S/C17H17ClO2/c1-2-16-14(9-10-20-16)17(19)13-7-8-15(18)12-6-4-3-5-11(12)13/h3-8,14,16H,2,9-10H2,1H3. The molecule has 0 spiro atoms. The molecule has 2 nitrogen and oxygen atoms in total. The SMILES string of the molecule is CCC1OCCC1C(=O)c1ccc(Cl)c2ccccc12. The quantitative estimate of drug-likeness (QED) is 0.778. The maximum atomic E-state index is 12.8. The minimum Gasteiger partial charge on any atom is -0.377 e. The van der Waals surface area contributed by atoms with Crippen molar-refractivity contribution in [2.45, 2.75) is 25.9 Å². The summed E-state index contributed by atoms with van der Waals surface area (Å²) in [5.74, 6) is 0.159. The third kappa shape index (κ3) is 2.23. The van der Waals surface area contributed by atoms with Crippen molar-refractivity contribution >= 4 is 28.2 Å². The fourth-order valence-electron chi connectivity index (χ4n) is 3.03. The lowest BCUT2D eigenvalue weighted by molar-refractivity contribution is 0.0690. The van der Waals surface area contributed by atoms with E-state index < -0.39 is 0 Å². The van der Waals surface area contributed by atoms with E-state index in [-0.39, 0.29) is 17.8 Å². The fourth-order valence-corrected chi connectivity index (χ4v) is 3.26. The van der Waals surface area contributed by atoms with E-state index >= 15 is 0 Å². The van der Waals surface area contributed by atoms with Gasteiger partial charge >= 0.3 is 0 Å². The van der Waals surface area contributed by atoms with E-state index in [2.05, 4.69) is 6.92 Å². The van der Waals surface area contributed by atoms with Crippen LogP contribution in [0.1, 0.15) is 30.1 Å². The van der Waals surface area contributed by atoms with E-state index in [1.807, 2.05) is 36.4 Å². The Morgan fingerprint density at radius 3 is 2.75 bits per heavy atom. The van der Waals surface area contributed by atoms with Gasteiger partial charge in [0.25, 0.3) is 0 Å². The predicted molar refractivity (Wildman–Crippen MR) is 81.4 cm³/mol. The molecule has 1 aliphatic heterocycles. The molecule has 104 valence electrons. The van der Waals surface area contributed by atoms with Gasteiger partial charge in [-0.25, -0.2) is 0 Å². The highest BCUT2D eigenvalue weighted by molar-refractivity contribution is 6.36. The van der Waals surface area contributed by atoms with Gasteiger partial charge in [-0.05, 0) is 30.4 Å². The highest BCUT2D eigenvalue weighted by Gasteiger charge is 2.33. The summed E-state index contributed by atoms with van der Waals surface area (Å²) in [6, 6.07) is 11.5. The van der Waals surface area contributed by atoms with Crippen LogP contribution in [0.25, 0.3) is 10.8 Å². The Hall–Kier alpha value is -1.38. The Balaban J connectivity index is 2.06. The van der Waals surface area contributed by atoms with Crippen LogP contribution in [-0.4, -0.2) is 18.5 Å². The summed E-state index contributed by atoms with van der Waals surface area (Å²) in [4.78, 5) is 12.8. The monoisotopic (exact) mass is 288 g/mol. The Morgan fingerprint density at radius 1 is 1.25 bits per heavy atom. The van der Waals surface area contributed by atoms with E-state index in [4.69, 9.17) is 16.3 Å². The molecular weight excluding hydrogens is 272 g/mol. The van der Waals surface area contributed by atoms with Crippen molar-refractivity contribution in [3.05, 3.63) is 47.0 Å². The van der Waals surface area contributed by atoms with Gasteiger partial charge in [0.15, 0.2) is 5.78 Å². The number of carbonyl (C=O) groups is 1. The van der Waals surface area contributed by atoms with Crippen LogP contribution in [0, 0.1) is 5.92 Å². The fraction of sp³-hybridized carbons (Fsp3) is 0.353. The van der Waals surface area contributed by atoms with E-state index in [1.165, 1.54) is 0 Å². The molecule has 1 aliphatic rings. The summed E-state index contributed by atoms with van der Waals surface area (Å²) in [5, 5.41) is 2.56. The molecule has 0 bridgehead atoms. The largest absolute Gasteiger partial charge is 0.377 e. The van der Waals surface area contributed by atoms with Gasteiger partial charge in [-0.15, -0.1) is 0 Å². The number of rotatable bonds is 3. The van der Waals surface area contributed by atoms with Gasteiger partial charge < -0.3 is 4.74 Å². The lowest BCUT2D eigenvalue weighted by Gasteiger charge is -2.17. The number of fused-ring (bicyclic) bond motifs is 1. The first-order valence-electron chi connectivity index (χ1n) is 7.05. The second-order valence-electron chi connectivity index (χ2n) is 5.22. The van der Waals surface area contributed by atoms with Crippen LogP contribution in [0.5, 0.6) is 0 Å². The van der Waals surface area contributed by atoms with Gasteiger partial charge in [0, 0.05) is 22.6 Å². The molecule has 3 heteroatoms. The van der Waals surface area contributed by atoms with E-state index in [1.54, 1.807) is 0 Å². The van der Waals surface area contributed by atoms with Crippen molar-refractivity contribution in [3.63, 3.8) is 0 Å². The van der Waals surface area contributed by atoms with Crippen molar-refractivity contribution in [1.29, 1.82) is 0 Å². The van der Waals surface area contributed by atoms with Crippen LogP contribution in [0.15, 0.2) is 36.4 Å². The molecule has 2 unspecified atom stereocenters. The zero-order chi connectivity index (χ0) is 14.1. The minimum absolute atomic E-state index is 0.0235. The Kier molecular flexibility index (Phi) is 3.77. The summed E-state index contributed by atoms with van der Waals surface area (Å²) in [6.45, 7) is 2.75. The summed E-state index contributed by atoms with van der Waals surface area (Å²) in [7, 11) is 0. The molecule has 1 heterocycles. The average Bonchev–Trinajstić information content (AvgIpc) is 2.96. The van der Waals surface area contributed by atoms with Gasteiger partial charge in [0.05, 0.1) is 12.0 Å². The first-order valence-corrected chi connectivity index (χ1v) is 7.43. The zero-order valence-electron chi connectivity index (χ0n) is 11.4. The van der Waals surface area contributed by atoms with E-state index in [0.717, 1.165) is 29.2 Å². The molecule has 2 aromatic carbocycles. The van der Waals surface area contributed by atoms with Gasteiger partial charge in [-0.2, -0.15) is 0 Å². The summed E-state index contributed by atoms with van der Waals surface area (Å²) >= 11 is 6.21. The van der Waals surface area contributed by atoms with Crippen molar-refractivity contribution < 1.29 is 9.53 Å². The summed E-state index contributed by atoms with van der Waals surface area (Å²) in [5.41, 5.74) is 0.763. The predicted octanol–water partition coefficient (Wildman–Crippen LogP) is 4.49. The second kappa shape index (κ2) is 5.55. The second-order valence-corrected chi connectivity index (χ2v) is 5.62. The molecule has 2 aromatic rings. The third-order valence-electron chi connectivity index (χ3n) is 4.09. The number of Topliss-reactive ketones (excluding diaryl/α,β-unsaturated/α-hetero) is 1. The molecule has 2 atom stereocenters.